The Bertz CT molecular complexity index is 780. The second-order valence-corrected chi connectivity index (χ2v) is 5.45. The number of carbonyl (C=O) groups is 1. The first kappa shape index (κ1) is 17.6. The number of anilines is 1. The molecule has 0 unspecified atom stereocenters. The quantitative estimate of drug-likeness (QED) is 0.484. The molecule has 0 aromatic heterocycles. The lowest BCUT2D eigenvalue weighted by Gasteiger charge is -2.12. The maximum Gasteiger partial charge on any atom is 0.321 e. The van der Waals surface area contributed by atoms with Crippen LogP contribution in [0, 0.1) is 24.0 Å². The van der Waals surface area contributed by atoms with Gasteiger partial charge in [0.15, 0.2) is 6.73 Å². The van der Waals surface area contributed by atoms with Gasteiger partial charge in [0.1, 0.15) is 10.8 Å². The number of benzene rings is 2. The van der Waals surface area contributed by atoms with Gasteiger partial charge in [-0.25, -0.2) is 4.79 Å². The van der Waals surface area contributed by atoms with Crippen LogP contribution in [0.15, 0.2) is 36.4 Å². The molecule has 2 aromatic rings. The molecule has 0 fully saturated rings. The van der Waals surface area contributed by atoms with Crippen LogP contribution >= 0.6 is 11.6 Å². The van der Waals surface area contributed by atoms with E-state index in [0.29, 0.717) is 5.75 Å². The number of amides is 2. The summed E-state index contributed by atoms with van der Waals surface area (Å²) in [7, 11) is 0. The van der Waals surface area contributed by atoms with E-state index in [9.17, 15) is 14.9 Å². The Morgan fingerprint density at radius 3 is 2.75 bits per heavy atom. The van der Waals surface area contributed by atoms with Crippen molar-refractivity contribution in [1.29, 1.82) is 0 Å². The third-order valence-corrected chi connectivity index (χ3v) is 3.74. The van der Waals surface area contributed by atoms with Crippen molar-refractivity contribution < 1.29 is 14.5 Å². The highest BCUT2D eigenvalue weighted by atomic mass is 35.5. The van der Waals surface area contributed by atoms with E-state index in [0.717, 1.165) is 11.1 Å². The number of aryl methyl sites for hydroxylation is 1. The van der Waals surface area contributed by atoms with Crippen molar-refractivity contribution in [2.45, 2.75) is 13.8 Å². The Hall–Kier alpha value is -2.80. The molecule has 2 rings (SSSR count). The second kappa shape index (κ2) is 7.65. The molecule has 7 nitrogen and oxygen atoms in total. The normalized spacial score (nSPS) is 10.1. The molecule has 126 valence electrons. The number of ether oxygens (including phenoxy) is 1. The molecular formula is C16H16ClN3O4. The van der Waals surface area contributed by atoms with E-state index in [4.69, 9.17) is 16.3 Å². The summed E-state index contributed by atoms with van der Waals surface area (Å²) in [5.74, 6) is 0.678. The molecule has 0 radical (unpaired) electrons. The van der Waals surface area contributed by atoms with E-state index in [1.807, 2.05) is 32.0 Å². The molecule has 0 heterocycles. The van der Waals surface area contributed by atoms with E-state index in [1.165, 1.54) is 18.2 Å². The molecule has 2 amide bonds. The largest absolute Gasteiger partial charge is 0.473 e. The fourth-order valence-corrected chi connectivity index (χ4v) is 2.15. The van der Waals surface area contributed by atoms with E-state index in [2.05, 4.69) is 10.6 Å². The lowest BCUT2D eigenvalue weighted by Crippen LogP contribution is -2.32. The van der Waals surface area contributed by atoms with Crippen LogP contribution in [0.4, 0.5) is 16.2 Å². The summed E-state index contributed by atoms with van der Waals surface area (Å²) in [5, 5.41) is 15.8. The number of nitro benzene ring substituents is 1. The number of hydrogen-bond acceptors (Lipinski definition) is 4. The minimum atomic E-state index is -0.616. The molecule has 0 aliphatic rings. The van der Waals surface area contributed by atoms with Gasteiger partial charge in [-0.1, -0.05) is 23.7 Å². The molecule has 24 heavy (non-hydrogen) atoms. The molecule has 0 atom stereocenters. The fraction of sp³-hybridized carbons (Fsp3) is 0.188. The summed E-state index contributed by atoms with van der Waals surface area (Å²) in [6.07, 6.45) is 0. The van der Waals surface area contributed by atoms with Crippen molar-refractivity contribution in [3.8, 4) is 5.75 Å². The highest BCUT2D eigenvalue weighted by Crippen LogP contribution is 2.27. The number of halogens is 1. The molecule has 2 N–H and O–H groups in total. The van der Waals surface area contributed by atoms with Crippen LogP contribution in [-0.2, 0) is 0 Å². The molecule has 0 aliphatic heterocycles. The minimum absolute atomic E-state index is 0.00390. The Morgan fingerprint density at radius 2 is 2.04 bits per heavy atom. The third kappa shape index (κ3) is 4.36. The Labute approximate surface area is 143 Å². The maximum absolute atomic E-state index is 11.8. The van der Waals surface area contributed by atoms with Gasteiger partial charge in [-0.3, -0.25) is 10.1 Å². The number of nitrogens with zero attached hydrogens (tertiary/aromatic N) is 1. The topological polar surface area (TPSA) is 93.5 Å². The first-order valence-electron chi connectivity index (χ1n) is 7.06. The Balaban J connectivity index is 1.91. The molecule has 2 aromatic carbocycles. The monoisotopic (exact) mass is 349 g/mol. The number of urea groups is 1. The van der Waals surface area contributed by atoms with Gasteiger partial charge < -0.3 is 15.4 Å². The van der Waals surface area contributed by atoms with Crippen molar-refractivity contribution in [1.82, 2.24) is 5.32 Å². The summed E-state index contributed by atoms with van der Waals surface area (Å²) in [4.78, 5) is 22.0. The van der Waals surface area contributed by atoms with Gasteiger partial charge in [-0.05, 0) is 43.2 Å². The predicted octanol–water partition coefficient (Wildman–Crippen LogP) is 4.02. The van der Waals surface area contributed by atoms with E-state index >= 15 is 0 Å². The van der Waals surface area contributed by atoms with Crippen LogP contribution in [0.2, 0.25) is 5.02 Å². The SMILES string of the molecule is Cc1cccc(OCNC(=O)Nc2ccc(Cl)c([N+](=O)[O-])c2)c1C. The third-order valence-electron chi connectivity index (χ3n) is 3.42. The van der Waals surface area contributed by atoms with Gasteiger partial charge in [-0.2, -0.15) is 0 Å². The highest BCUT2D eigenvalue weighted by Gasteiger charge is 2.13. The van der Waals surface area contributed by atoms with Gasteiger partial charge in [0.2, 0.25) is 0 Å². The highest BCUT2D eigenvalue weighted by molar-refractivity contribution is 6.32. The first-order valence-corrected chi connectivity index (χ1v) is 7.44. The zero-order valence-electron chi connectivity index (χ0n) is 13.1. The van der Waals surface area contributed by atoms with Crippen molar-refractivity contribution in [3.63, 3.8) is 0 Å². The summed E-state index contributed by atoms with van der Waals surface area (Å²) in [6.45, 7) is 3.86. The second-order valence-electron chi connectivity index (χ2n) is 5.04. The van der Waals surface area contributed by atoms with Gasteiger partial charge >= 0.3 is 6.03 Å². The van der Waals surface area contributed by atoms with Crippen LogP contribution < -0.4 is 15.4 Å². The van der Waals surface area contributed by atoms with Crippen LogP contribution in [0.25, 0.3) is 0 Å². The molecule has 0 spiro atoms. The van der Waals surface area contributed by atoms with Crippen LogP contribution in [0.5, 0.6) is 5.75 Å². The van der Waals surface area contributed by atoms with E-state index < -0.39 is 11.0 Å². The summed E-state index contributed by atoms with van der Waals surface area (Å²) < 4.78 is 5.51. The van der Waals surface area contributed by atoms with Crippen molar-refractivity contribution >= 4 is 29.0 Å². The first-order chi connectivity index (χ1) is 11.4. The molecule has 0 saturated carbocycles. The summed E-state index contributed by atoms with van der Waals surface area (Å²) in [6, 6.07) is 9.11. The zero-order valence-corrected chi connectivity index (χ0v) is 13.9. The lowest BCUT2D eigenvalue weighted by molar-refractivity contribution is -0.384. The average Bonchev–Trinajstić information content (AvgIpc) is 2.53. The molecule has 0 saturated heterocycles. The van der Waals surface area contributed by atoms with Crippen molar-refractivity contribution in [2.75, 3.05) is 12.0 Å². The van der Waals surface area contributed by atoms with E-state index in [-0.39, 0.29) is 23.1 Å². The Morgan fingerprint density at radius 1 is 1.29 bits per heavy atom. The average molecular weight is 350 g/mol. The van der Waals surface area contributed by atoms with Gasteiger partial charge in [0.25, 0.3) is 5.69 Å². The van der Waals surface area contributed by atoms with Crippen molar-refractivity contribution in [2.24, 2.45) is 0 Å². The van der Waals surface area contributed by atoms with Crippen molar-refractivity contribution in [3.05, 3.63) is 62.7 Å². The summed E-state index contributed by atoms with van der Waals surface area (Å²) in [5.41, 5.74) is 2.06. The minimum Gasteiger partial charge on any atom is -0.473 e. The van der Waals surface area contributed by atoms with Gasteiger partial charge in [0, 0.05) is 11.8 Å². The van der Waals surface area contributed by atoms with Crippen LogP contribution in [0.1, 0.15) is 11.1 Å². The fourth-order valence-electron chi connectivity index (χ4n) is 1.97. The van der Waals surface area contributed by atoms with E-state index in [1.54, 1.807) is 0 Å². The standard InChI is InChI=1S/C16H16ClN3O4/c1-10-4-3-5-15(11(10)2)24-9-18-16(21)19-12-6-7-13(17)14(8-12)20(22)23/h3-8H,9H2,1-2H3,(H2,18,19,21). The number of hydrogen-bond donors (Lipinski definition) is 2. The number of rotatable bonds is 5. The van der Waals surface area contributed by atoms with Gasteiger partial charge in [0.05, 0.1) is 4.92 Å². The smallest absolute Gasteiger partial charge is 0.321 e. The molecule has 0 bridgehead atoms. The number of nitro groups is 1. The molecule has 8 heteroatoms. The van der Waals surface area contributed by atoms with Crippen LogP contribution in [0.3, 0.4) is 0 Å². The number of carbonyl (C=O) groups excluding carboxylic acids is 1. The molecule has 0 aliphatic carbocycles. The maximum atomic E-state index is 11.8. The summed E-state index contributed by atoms with van der Waals surface area (Å²) >= 11 is 5.72. The molecular weight excluding hydrogens is 334 g/mol. The lowest BCUT2D eigenvalue weighted by atomic mass is 10.1. The van der Waals surface area contributed by atoms with Crippen LogP contribution in [-0.4, -0.2) is 17.7 Å². The van der Waals surface area contributed by atoms with Gasteiger partial charge in [-0.15, -0.1) is 0 Å². The Kier molecular flexibility index (Phi) is 5.59. The predicted molar refractivity (Wildman–Crippen MR) is 91.7 cm³/mol. The number of nitrogens with one attached hydrogen (secondary N) is 2. The zero-order chi connectivity index (χ0) is 17.7.